The number of anilines is 1. The molecule has 5 heteroatoms. The van der Waals surface area contributed by atoms with E-state index in [1.165, 1.54) is 6.42 Å². The molecule has 0 bridgehead atoms. The smallest absolute Gasteiger partial charge is 0.355 e. The first kappa shape index (κ1) is 18.9. The van der Waals surface area contributed by atoms with Gasteiger partial charge in [-0.1, -0.05) is 36.7 Å². The van der Waals surface area contributed by atoms with E-state index in [-0.39, 0.29) is 0 Å². The van der Waals surface area contributed by atoms with Gasteiger partial charge in [0.15, 0.2) is 5.69 Å². The number of piperidine rings is 1. The van der Waals surface area contributed by atoms with Crippen molar-refractivity contribution in [2.45, 2.75) is 39.5 Å². The Bertz CT molecular complexity index is 1050. The molecule has 4 rings (SSSR count). The number of nitrogens with zero attached hydrogens (tertiary/aromatic N) is 2. The predicted molar refractivity (Wildman–Crippen MR) is 115 cm³/mol. The van der Waals surface area contributed by atoms with Gasteiger partial charge >= 0.3 is 5.97 Å². The van der Waals surface area contributed by atoms with Gasteiger partial charge in [-0.05, 0) is 61.9 Å². The van der Waals surface area contributed by atoms with E-state index in [0.717, 1.165) is 65.8 Å². The third-order valence-corrected chi connectivity index (χ3v) is 6.07. The van der Waals surface area contributed by atoms with Gasteiger partial charge in [-0.3, -0.25) is 0 Å². The first-order chi connectivity index (χ1) is 13.5. The van der Waals surface area contributed by atoms with Gasteiger partial charge in [-0.25, -0.2) is 4.79 Å². The van der Waals surface area contributed by atoms with Crippen LogP contribution >= 0.6 is 11.6 Å². The number of rotatable bonds is 4. The topological polar surface area (TPSA) is 45.5 Å². The molecule has 0 aliphatic carbocycles. The third-order valence-electron chi connectivity index (χ3n) is 5.64. The van der Waals surface area contributed by atoms with Gasteiger partial charge in [0.05, 0.1) is 16.2 Å². The Hall–Kier alpha value is -2.46. The van der Waals surface area contributed by atoms with Crippen molar-refractivity contribution in [3.8, 4) is 5.69 Å². The summed E-state index contributed by atoms with van der Waals surface area (Å²) in [6.45, 7) is 5.81. The van der Waals surface area contributed by atoms with Crippen molar-refractivity contribution in [1.82, 2.24) is 4.57 Å². The lowest BCUT2D eigenvalue weighted by molar-refractivity contribution is 0.0689. The minimum absolute atomic E-state index is 0.303. The molecule has 146 valence electrons. The fourth-order valence-electron chi connectivity index (χ4n) is 4.30. The van der Waals surface area contributed by atoms with E-state index in [1.807, 2.05) is 47.9 Å². The molecule has 0 amide bonds. The Morgan fingerprint density at radius 2 is 1.89 bits per heavy atom. The molecule has 1 aromatic heterocycles. The van der Waals surface area contributed by atoms with Crippen molar-refractivity contribution in [3.05, 3.63) is 58.2 Å². The molecule has 2 aromatic carbocycles. The minimum atomic E-state index is -0.924. The molecule has 2 heterocycles. The number of benzene rings is 2. The van der Waals surface area contributed by atoms with Crippen LogP contribution in [0.5, 0.6) is 0 Å². The lowest BCUT2D eigenvalue weighted by Gasteiger charge is -2.29. The van der Waals surface area contributed by atoms with Crippen LogP contribution in [0.1, 0.15) is 47.8 Å². The second kappa shape index (κ2) is 7.51. The van der Waals surface area contributed by atoms with Gasteiger partial charge in [0.2, 0.25) is 0 Å². The number of hydrogen-bond donors (Lipinski definition) is 1. The van der Waals surface area contributed by atoms with Gasteiger partial charge in [0.25, 0.3) is 0 Å². The Morgan fingerprint density at radius 1 is 1.14 bits per heavy atom. The van der Waals surface area contributed by atoms with Gasteiger partial charge in [-0.2, -0.15) is 0 Å². The number of aryl methyl sites for hydroxylation is 2. The monoisotopic (exact) mass is 396 g/mol. The van der Waals surface area contributed by atoms with Crippen LogP contribution in [0.4, 0.5) is 5.69 Å². The Balaban J connectivity index is 2.12. The minimum Gasteiger partial charge on any atom is -0.476 e. The highest BCUT2D eigenvalue weighted by Crippen LogP contribution is 2.42. The summed E-state index contributed by atoms with van der Waals surface area (Å²) in [4.78, 5) is 14.7. The Morgan fingerprint density at radius 3 is 2.54 bits per heavy atom. The summed E-state index contributed by atoms with van der Waals surface area (Å²) >= 11 is 6.84. The normalized spacial score (nSPS) is 14.6. The zero-order valence-electron chi connectivity index (χ0n) is 16.3. The van der Waals surface area contributed by atoms with E-state index in [9.17, 15) is 9.90 Å². The van der Waals surface area contributed by atoms with Gasteiger partial charge in [-0.15, -0.1) is 0 Å². The molecule has 28 heavy (non-hydrogen) atoms. The first-order valence-electron chi connectivity index (χ1n) is 9.94. The Labute approximate surface area is 170 Å². The van der Waals surface area contributed by atoms with Crippen LogP contribution in [-0.2, 0) is 6.42 Å². The van der Waals surface area contributed by atoms with Crippen molar-refractivity contribution < 1.29 is 9.90 Å². The van der Waals surface area contributed by atoms with Crippen LogP contribution in [0, 0.1) is 6.92 Å². The summed E-state index contributed by atoms with van der Waals surface area (Å²) in [7, 11) is 0. The quantitative estimate of drug-likeness (QED) is 0.602. The van der Waals surface area contributed by atoms with Crippen LogP contribution in [0.15, 0.2) is 36.4 Å². The van der Waals surface area contributed by atoms with Crippen molar-refractivity contribution in [2.24, 2.45) is 0 Å². The molecule has 0 unspecified atom stereocenters. The Kier molecular flexibility index (Phi) is 5.07. The van der Waals surface area contributed by atoms with Crippen LogP contribution in [-0.4, -0.2) is 28.7 Å². The predicted octanol–water partition coefficient (Wildman–Crippen LogP) is 5.84. The van der Waals surface area contributed by atoms with Crippen molar-refractivity contribution >= 4 is 34.2 Å². The molecule has 0 radical (unpaired) electrons. The maximum absolute atomic E-state index is 12.5. The molecule has 3 aromatic rings. The maximum Gasteiger partial charge on any atom is 0.355 e. The van der Waals surface area contributed by atoms with Gasteiger partial charge < -0.3 is 14.6 Å². The second-order valence-electron chi connectivity index (χ2n) is 7.51. The second-order valence-corrected chi connectivity index (χ2v) is 7.89. The van der Waals surface area contributed by atoms with Crippen molar-refractivity contribution in [2.75, 3.05) is 18.0 Å². The van der Waals surface area contributed by atoms with Crippen LogP contribution in [0.2, 0.25) is 5.02 Å². The highest BCUT2D eigenvalue weighted by Gasteiger charge is 2.30. The molecule has 4 nitrogen and oxygen atoms in total. The molecule has 0 saturated carbocycles. The van der Waals surface area contributed by atoms with Crippen molar-refractivity contribution in [1.29, 1.82) is 0 Å². The zero-order chi connectivity index (χ0) is 19.8. The van der Waals surface area contributed by atoms with E-state index in [2.05, 4.69) is 11.8 Å². The summed E-state index contributed by atoms with van der Waals surface area (Å²) in [5.74, 6) is -0.924. The number of fused-ring (bicyclic) bond motifs is 1. The van der Waals surface area contributed by atoms with Crippen molar-refractivity contribution in [3.63, 3.8) is 0 Å². The fraction of sp³-hybridized carbons (Fsp3) is 0.348. The number of carboxylic acid groups (broad SMARTS) is 1. The third kappa shape index (κ3) is 3.06. The van der Waals surface area contributed by atoms with Crippen LogP contribution < -0.4 is 4.90 Å². The number of aromatic nitrogens is 1. The fourth-order valence-corrected chi connectivity index (χ4v) is 4.68. The number of halogens is 1. The molecular formula is C23H25ClN2O2. The van der Waals surface area contributed by atoms with Crippen LogP contribution in [0.25, 0.3) is 16.6 Å². The van der Waals surface area contributed by atoms with E-state index < -0.39 is 5.97 Å². The largest absolute Gasteiger partial charge is 0.476 e. The lowest BCUT2D eigenvalue weighted by atomic mass is 10.1. The standard InChI is InChI=1S/C23H25ClN2O2/c1-3-16-10-11-18-19(20(16)24)21(25-12-5-4-6-13-25)22(23(27)28)26(18)17-9-7-8-15(2)14-17/h7-11,14H,3-6,12-13H2,1-2H3,(H,27,28). The molecule has 1 fully saturated rings. The average molecular weight is 397 g/mol. The molecular weight excluding hydrogens is 372 g/mol. The number of hydrogen-bond acceptors (Lipinski definition) is 2. The molecule has 1 N–H and O–H groups in total. The SMILES string of the molecule is CCc1ccc2c(c1Cl)c(N1CCCCC1)c(C(=O)O)n2-c1cccc(C)c1. The zero-order valence-corrected chi connectivity index (χ0v) is 17.1. The number of carbonyl (C=O) groups is 1. The molecule has 0 atom stereocenters. The molecule has 1 aliphatic heterocycles. The molecule has 1 aliphatic rings. The number of aromatic carboxylic acids is 1. The summed E-state index contributed by atoms with van der Waals surface area (Å²) < 4.78 is 1.86. The highest BCUT2D eigenvalue weighted by molar-refractivity contribution is 6.38. The molecule has 1 saturated heterocycles. The van der Waals surface area contributed by atoms with Gasteiger partial charge in [0, 0.05) is 24.2 Å². The van der Waals surface area contributed by atoms with Crippen LogP contribution in [0.3, 0.4) is 0 Å². The molecule has 0 spiro atoms. The van der Waals surface area contributed by atoms with E-state index in [1.54, 1.807) is 0 Å². The first-order valence-corrected chi connectivity index (χ1v) is 10.3. The number of carboxylic acids is 1. The van der Waals surface area contributed by atoms with E-state index >= 15 is 0 Å². The summed E-state index contributed by atoms with van der Waals surface area (Å²) in [5.41, 5.74) is 4.91. The maximum atomic E-state index is 12.5. The average Bonchev–Trinajstić information content (AvgIpc) is 3.05. The van der Waals surface area contributed by atoms with E-state index in [0.29, 0.717) is 10.7 Å². The van der Waals surface area contributed by atoms with E-state index in [4.69, 9.17) is 11.6 Å². The lowest BCUT2D eigenvalue weighted by Crippen LogP contribution is -2.30. The summed E-state index contributed by atoms with van der Waals surface area (Å²) in [6, 6.07) is 12.0. The highest BCUT2D eigenvalue weighted by atomic mass is 35.5. The summed E-state index contributed by atoms with van der Waals surface area (Å²) in [6.07, 6.45) is 4.14. The summed E-state index contributed by atoms with van der Waals surface area (Å²) in [5, 5.41) is 11.8. The van der Waals surface area contributed by atoms with Gasteiger partial charge in [0.1, 0.15) is 0 Å².